The van der Waals surface area contributed by atoms with E-state index in [0.29, 0.717) is 0 Å². The maximum absolute atomic E-state index is 12.8. The molecule has 2 aromatic rings. The molecule has 3 N–H and O–H groups in total. The van der Waals surface area contributed by atoms with Gasteiger partial charge in [-0.15, -0.1) is 0 Å². The van der Waals surface area contributed by atoms with Crippen LogP contribution in [-0.2, 0) is 19.6 Å². The smallest absolute Gasteiger partial charge is 0.481 e. The van der Waals surface area contributed by atoms with E-state index in [2.05, 4.69) is 25.3 Å². The molecule has 32 heavy (non-hydrogen) atoms. The Morgan fingerprint density at radius 3 is 2.03 bits per heavy atom. The van der Waals surface area contributed by atoms with Gasteiger partial charge in [0.1, 0.15) is 4.90 Å². The fraction of sp³-hybridized carbons (Fsp3) is 0.235. The van der Waals surface area contributed by atoms with E-state index in [1.807, 2.05) is 0 Å². The van der Waals surface area contributed by atoms with Crippen LogP contribution < -0.4 is 54.4 Å². The number of anilines is 2. The molecule has 0 saturated heterocycles. The first kappa shape index (κ1) is 27.1. The average molecular weight is 476 g/mol. The molecular weight excluding hydrogens is 457 g/mol. The Kier molecular flexibility index (Phi) is 9.83. The zero-order valence-electron chi connectivity index (χ0n) is 17.9. The van der Waals surface area contributed by atoms with Gasteiger partial charge in [0.25, 0.3) is 10.0 Å². The molecule has 0 aliphatic carbocycles. The van der Waals surface area contributed by atoms with Crippen molar-refractivity contribution in [3.63, 3.8) is 0 Å². The molecule has 0 fully saturated rings. The Morgan fingerprint density at radius 1 is 0.938 bits per heavy atom. The molecule has 1 aromatic carbocycles. The van der Waals surface area contributed by atoms with Crippen molar-refractivity contribution in [2.24, 2.45) is 0 Å². The summed E-state index contributed by atoms with van der Waals surface area (Å²) in [5, 5.41) is 4.52. The number of carbonyl (C=O) groups excluding carboxylic acids is 3. The third kappa shape index (κ3) is 7.05. The van der Waals surface area contributed by atoms with E-state index < -0.39 is 32.8 Å². The van der Waals surface area contributed by atoms with Gasteiger partial charge in [-0.1, -0.05) is 0 Å². The summed E-state index contributed by atoms with van der Waals surface area (Å²) in [5.41, 5.74) is -0.266. The molecule has 0 bridgehead atoms. The first-order valence-corrected chi connectivity index (χ1v) is 9.88. The van der Waals surface area contributed by atoms with Crippen molar-refractivity contribution in [2.45, 2.75) is 11.8 Å². The number of amides is 3. The summed E-state index contributed by atoms with van der Waals surface area (Å²) in [5.74, 6) is -1.62. The molecule has 166 valence electrons. The van der Waals surface area contributed by atoms with Crippen LogP contribution in [0.15, 0.2) is 29.2 Å². The summed E-state index contributed by atoms with van der Waals surface area (Å²) in [7, 11) is -0.872. The number of nitrogens with zero attached hydrogens (tertiary/aromatic N) is 2. The minimum Gasteiger partial charge on any atom is -0.481 e. The number of methoxy groups -OCH3 is 3. The van der Waals surface area contributed by atoms with Gasteiger partial charge in [-0.25, -0.2) is 22.7 Å². The minimum absolute atomic E-state index is 0. The van der Waals surface area contributed by atoms with Crippen molar-refractivity contribution >= 4 is 39.6 Å². The van der Waals surface area contributed by atoms with Gasteiger partial charge >= 0.3 is 41.6 Å². The largest absolute Gasteiger partial charge is 1.00 e. The number of nitrogens with one attached hydrogen (secondary N) is 3. The third-order valence-corrected chi connectivity index (χ3v) is 4.92. The Labute approximate surface area is 205 Å². The molecule has 0 aliphatic heterocycles. The number of aromatic nitrogens is 2. The second kappa shape index (κ2) is 11.6. The normalized spacial score (nSPS) is 10.2. The Morgan fingerprint density at radius 2 is 1.53 bits per heavy atom. The predicted octanol–water partition coefficient (Wildman–Crippen LogP) is -2.25. The number of esters is 1. The fourth-order valence-corrected chi connectivity index (χ4v) is 3.41. The van der Waals surface area contributed by atoms with Crippen LogP contribution in [0.4, 0.5) is 16.4 Å². The van der Waals surface area contributed by atoms with Crippen LogP contribution in [0, 0.1) is 0 Å². The number of urea groups is 1. The van der Waals surface area contributed by atoms with Crippen LogP contribution in [0.5, 0.6) is 11.8 Å². The molecule has 0 radical (unpaired) electrons. The van der Waals surface area contributed by atoms with Gasteiger partial charge in [0.05, 0.1) is 33.0 Å². The summed E-state index contributed by atoms with van der Waals surface area (Å²) >= 11 is 0. The van der Waals surface area contributed by atoms with Crippen molar-refractivity contribution in [1.29, 1.82) is 0 Å². The first-order valence-electron chi connectivity index (χ1n) is 8.40. The van der Waals surface area contributed by atoms with Crippen LogP contribution in [0.2, 0.25) is 0 Å². The number of benzene rings is 1. The van der Waals surface area contributed by atoms with E-state index in [4.69, 9.17) is 9.47 Å². The molecule has 2 rings (SSSR count). The van der Waals surface area contributed by atoms with Crippen LogP contribution in [-0.4, -0.2) is 57.6 Å². The number of hydrogen-bond donors (Lipinski definition) is 3. The molecular formula is C17H19N5NaO8S+. The van der Waals surface area contributed by atoms with Gasteiger partial charge in [-0.05, 0) is 18.2 Å². The number of rotatable bonds is 7. The summed E-state index contributed by atoms with van der Waals surface area (Å²) in [6.45, 7) is 1.22. The van der Waals surface area contributed by atoms with Gasteiger partial charge < -0.3 is 19.5 Å². The van der Waals surface area contributed by atoms with Gasteiger partial charge in [0.2, 0.25) is 23.6 Å². The summed E-state index contributed by atoms with van der Waals surface area (Å²) in [6.07, 6.45) is 0. The van der Waals surface area contributed by atoms with E-state index >= 15 is 0 Å². The SMILES string of the molecule is COC(=O)c1ccc(NC(C)=O)cc1S(=O)(=O)NC(=O)Nc1nc(OC)cc(OC)n1.[Na+]. The van der Waals surface area contributed by atoms with Gasteiger partial charge in [-0.3, -0.25) is 10.1 Å². The van der Waals surface area contributed by atoms with Crippen molar-refractivity contribution in [2.75, 3.05) is 32.0 Å². The van der Waals surface area contributed by atoms with E-state index in [0.717, 1.165) is 19.2 Å². The van der Waals surface area contributed by atoms with Crippen molar-refractivity contribution in [3.05, 3.63) is 29.8 Å². The van der Waals surface area contributed by atoms with Gasteiger partial charge in [0.15, 0.2) is 0 Å². The van der Waals surface area contributed by atoms with E-state index in [1.54, 1.807) is 4.72 Å². The van der Waals surface area contributed by atoms with Gasteiger partial charge in [0, 0.05) is 12.6 Å². The van der Waals surface area contributed by atoms with Crippen LogP contribution in [0.3, 0.4) is 0 Å². The number of ether oxygens (including phenoxy) is 3. The standard InChI is InChI=1S/C17H19N5O8S.Na/c1-9(23)18-10-5-6-11(15(24)30-4)12(7-10)31(26,27)22-17(25)21-16-19-13(28-2)8-14(20-16)29-3;/h5-8H,1-4H3,(H,18,23)(H2,19,20,21,22,25);/q;+1. The van der Waals surface area contributed by atoms with Crippen LogP contribution >= 0.6 is 0 Å². The molecule has 13 nitrogen and oxygen atoms in total. The molecule has 15 heteroatoms. The number of hydrogen-bond acceptors (Lipinski definition) is 10. The summed E-state index contributed by atoms with van der Waals surface area (Å²) in [4.78, 5) is 42.6. The van der Waals surface area contributed by atoms with Crippen LogP contribution in [0.25, 0.3) is 0 Å². The molecule has 0 unspecified atom stereocenters. The second-order valence-corrected chi connectivity index (χ2v) is 7.37. The average Bonchev–Trinajstić information content (AvgIpc) is 2.71. The first-order chi connectivity index (χ1) is 14.6. The molecule has 1 heterocycles. The molecule has 1 aromatic heterocycles. The monoisotopic (exact) mass is 476 g/mol. The van der Waals surface area contributed by atoms with Crippen LogP contribution in [0.1, 0.15) is 17.3 Å². The van der Waals surface area contributed by atoms with E-state index in [-0.39, 0.29) is 58.5 Å². The molecule has 3 amide bonds. The maximum Gasteiger partial charge on any atom is 1.00 e. The molecule has 0 spiro atoms. The quantitative estimate of drug-likeness (QED) is 0.292. The van der Waals surface area contributed by atoms with E-state index in [9.17, 15) is 22.8 Å². The topological polar surface area (TPSA) is 175 Å². The summed E-state index contributed by atoms with van der Waals surface area (Å²) < 4.78 is 41.7. The summed E-state index contributed by atoms with van der Waals surface area (Å²) in [6, 6.07) is 3.57. The fourth-order valence-electron chi connectivity index (χ4n) is 2.28. The zero-order valence-corrected chi connectivity index (χ0v) is 20.7. The molecule has 0 aliphatic rings. The van der Waals surface area contributed by atoms with Gasteiger partial charge in [-0.2, -0.15) is 9.97 Å². The Hall–Kier alpha value is -2.94. The van der Waals surface area contributed by atoms with Crippen molar-refractivity contribution < 1.29 is 66.6 Å². The van der Waals surface area contributed by atoms with E-state index in [1.165, 1.54) is 33.3 Å². The maximum atomic E-state index is 12.8. The Bertz CT molecular complexity index is 1100. The third-order valence-electron chi connectivity index (χ3n) is 3.55. The Balaban J connectivity index is 0.00000512. The molecule has 0 atom stereocenters. The number of carbonyl (C=O) groups is 3. The van der Waals surface area contributed by atoms with Crippen molar-refractivity contribution in [1.82, 2.24) is 14.7 Å². The number of sulfonamides is 1. The predicted molar refractivity (Wildman–Crippen MR) is 107 cm³/mol. The zero-order chi connectivity index (χ0) is 23.2. The second-order valence-electron chi connectivity index (χ2n) is 5.72. The van der Waals surface area contributed by atoms with Crippen molar-refractivity contribution in [3.8, 4) is 11.8 Å². The molecule has 0 saturated carbocycles. The minimum atomic E-state index is -4.59.